The van der Waals surface area contributed by atoms with Gasteiger partial charge in [-0.3, -0.25) is 4.79 Å². The number of carbonyl (C=O) groups excluding carboxylic acids is 1. The first-order valence-corrected chi connectivity index (χ1v) is 8.75. The van der Waals surface area contributed by atoms with Crippen molar-refractivity contribution in [2.75, 3.05) is 34.8 Å². The fourth-order valence-corrected chi connectivity index (χ4v) is 3.10. The lowest BCUT2D eigenvalue weighted by Gasteiger charge is -2.32. The third kappa shape index (κ3) is 4.93. The second-order valence-electron chi connectivity index (χ2n) is 5.23. The summed E-state index contributed by atoms with van der Waals surface area (Å²) in [7, 11) is 0. The quantitative estimate of drug-likeness (QED) is 0.794. The van der Waals surface area contributed by atoms with Crippen LogP contribution in [-0.4, -0.2) is 41.7 Å². The van der Waals surface area contributed by atoms with Crippen molar-refractivity contribution in [1.29, 1.82) is 0 Å². The first-order chi connectivity index (χ1) is 10.2. The minimum atomic E-state index is -0.186. The van der Waals surface area contributed by atoms with Crippen LogP contribution in [0.4, 0.5) is 11.4 Å². The first-order valence-electron chi connectivity index (χ1n) is 7.60. The van der Waals surface area contributed by atoms with Crippen LogP contribution in [0.15, 0.2) is 24.3 Å². The number of aliphatic hydroxyl groups excluding tert-OH is 1. The highest BCUT2D eigenvalue weighted by molar-refractivity contribution is 7.99. The first kappa shape index (κ1) is 16.2. The summed E-state index contributed by atoms with van der Waals surface area (Å²) in [5.41, 5.74) is 1.93. The van der Waals surface area contributed by atoms with E-state index in [9.17, 15) is 9.90 Å². The minimum Gasteiger partial charge on any atom is -0.393 e. The van der Waals surface area contributed by atoms with E-state index in [0.29, 0.717) is 6.42 Å². The summed E-state index contributed by atoms with van der Waals surface area (Å²) >= 11 is 1.78. The molecule has 1 fully saturated rings. The van der Waals surface area contributed by atoms with Crippen LogP contribution in [0.2, 0.25) is 0 Å². The van der Waals surface area contributed by atoms with Crippen LogP contribution >= 0.6 is 11.8 Å². The maximum atomic E-state index is 12.0. The molecule has 1 amide bonds. The number of para-hydroxylation sites is 2. The molecule has 116 valence electrons. The standard InChI is InChI=1S/C16H24N2O2S/c1-2-21-12-9-16(20)17-14-5-3-4-6-15(14)18-10-7-13(19)8-11-18/h3-6,13,19H,2,7-12H2,1H3,(H,17,20). The van der Waals surface area contributed by atoms with Gasteiger partial charge in [0.25, 0.3) is 0 Å². The molecule has 0 bridgehead atoms. The van der Waals surface area contributed by atoms with E-state index in [1.54, 1.807) is 11.8 Å². The summed E-state index contributed by atoms with van der Waals surface area (Å²) in [6.07, 6.45) is 1.94. The van der Waals surface area contributed by atoms with Crippen molar-refractivity contribution in [3.63, 3.8) is 0 Å². The van der Waals surface area contributed by atoms with Crippen LogP contribution in [0.5, 0.6) is 0 Å². The molecule has 5 heteroatoms. The average molecular weight is 308 g/mol. The third-order valence-electron chi connectivity index (χ3n) is 3.66. The Morgan fingerprint density at radius 2 is 2.10 bits per heavy atom. The number of anilines is 2. The van der Waals surface area contributed by atoms with Crippen LogP contribution in [-0.2, 0) is 4.79 Å². The van der Waals surface area contributed by atoms with Crippen LogP contribution in [0, 0.1) is 0 Å². The number of carbonyl (C=O) groups is 1. The molecule has 0 aliphatic carbocycles. The zero-order chi connectivity index (χ0) is 15.1. The largest absolute Gasteiger partial charge is 0.393 e. The number of nitrogens with zero attached hydrogens (tertiary/aromatic N) is 1. The molecule has 1 aromatic carbocycles. The lowest BCUT2D eigenvalue weighted by molar-refractivity contribution is -0.115. The Hall–Kier alpha value is -1.20. The Morgan fingerprint density at radius 3 is 2.81 bits per heavy atom. The van der Waals surface area contributed by atoms with E-state index < -0.39 is 0 Å². The fourth-order valence-electron chi connectivity index (χ4n) is 2.48. The monoisotopic (exact) mass is 308 g/mol. The summed E-state index contributed by atoms with van der Waals surface area (Å²) in [6.45, 7) is 3.77. The minimum absolute atomic E-state index is 0.0699. The highest BCUT2D eigenvalue weighted by Crippen LogP contribution is 2.28. The van der Waals surface area contributed by atoms with Gasteiger partial charge in [0.1, 0.15) is 0 Å². The molecule has 21 heavy (non-hydrogen) atoms. The topological polar surface area (TPSA) is 52.6 Å². The molecule has 4 nitrogen and oxygen atoms in total. The van der Waals surface area contributed by atoms with Crippen LogP contribution < -0.4 is 10.2 Å². The number of piperidine rings is 1. The van der Waals surface area contributed by atoms with E-state index in [-0.39, 0.29) is 12.0 Å². The normalized spacial score (nSPS) is 16.0. The molecule has 1 aliphatic heterocycles. The van der Waals surface area contributed by atoms with Gasteiger partial charge in [0.2, 0.25) is 5.91 Å². The van der Waals surface area contributed by atoms with Gasteiger partial charge in [-0.15, -0.1) is 0 Å². The SMILES string of the molecule is CCSCCC(=O)Nc1ccccc1N1CCC(O)CC1. The highest BCUT2D eigenvalue weighted by atomic mass is 32.2. The maximum absolute atomic E-state index is 12.0. The number of rotatable bonds is 6. The molecule has 1 heterocycles. The van der Waals surface area contributed by atoms with Crippen molar-refractivity contribution >= 4 is 29.0 Å². The zero-order valence-corrected chi connectivity index (χ0v) is 13.4. The van der Waals surface area contributed by atoms with Gasteiger partial charge in [0.05, 0.1) is 17.5 Å². The van der Waals surface area contributed by atoms with Gasteiger partial charge in [0.15, 0.2) is 0 Å². The van der Waals surface area contributed by atoms with E-state index in [1.165, 1.54) is 0 Å². The molecule has 0 unspecified atom stereocenters. The van der Waals surface area contributed by atoms with E-state index >= 15 is 0 Å². The molecular weight excluding hydrogens is 284 g/mol. The van der Waals surface area contributed by atoms with Crippen molar-refractivity contribution < 1.29 is 9.90 Å². The summed E-state index contributed by atoms with van der Waals surface area (Å²) in [6, 6.07) is 7.92. The molecule has 1 saturated heterocycles. The number of aliphatic hydroxyl groups is 1. The average Bonchev–Trinajstić information content (AvgIpc) is 2.49. The number of nitrogens with one attached hydrogen (secondary N) is 1. The van der Waals surface area contributed by atoms with Crippen molar-refractivity contribution in [3.8, 4) is 0 Å². The Balaban J connectivity index is 1.98. The molecule has 0 saturated carbocycles. The Labute approximate surface area is 130 Å². The molecule has 0 atom stereocenters. The van der Waals surface area contributed by atoms with E-state index in [4.69, 9.17) is 0 Å². The molecule has 0 aromatic heterocycles. The van der Waals surface area contributed by atoms with Crippen molar-refractivity contribution in [2.45, 2.75) is 32.3 Å². The molecule has 1 aromatic rings. The number of hydrogen-bond acceptors (Lipinski definition) is 4. The van der Waals surface area contributed by atoms with Crippen molar-refractivity contribution in [3.05, 3.63) is 24.3 Å². The Morgan fingerprint density at radius 1 is 1.38 bits per heavy atom. The fraction of sp³-hybridized carbons (Fsp3) is 0.562. The van der Waals surface area contributed by atoms with E-state index in [1.807, 2.05) is 24.3 Å². The third-order valence-corrected chi connectivity index (χ3v) is 4.56. The summed E-state index contributed by atoms with van der Waals surface area (Å²) in [5.74, 6) is 1.97. The second-order valence-corrected chi connectivity index (χ2v) is 6.62. The molecule has 0 radical (unpaired) electrons. The number of benzene rings is 1. The van der Waals surface area contributed by atoms with Gasteiger partial charge < -0.3 is 15.3 Å². The van der Waals surface area contributed by atoms with Gasteiger partial charge in [-0.05, 0) is 30.7 Å². The van der Waals surface area contributed by atoms with Gasteiger partial charge in [0, 0.05) is 25.3 Å². The van der Waals surface area contributed by atoms with Gasteiger partial charge >= 0.3 is 0 Å². The maximum Gasteiger partial charge on any atom is 0.225 e. The predicted octanol–water partition coefficient (Wildman–Crippen LogP) is 2.73. The summed E-state index contributed by atoms with van der Waals surface area (Å²) < 4.78 is 0. The van der Waals surface area contributed by atoms with Crippen molar-refractivity contribution in [2.24, 2.45) is 0 Å². The summed E-state index contributed by atoms with van der Waals surface area (Å²) in [5, 5.41) is 12.6. The van der Waals surface area contributed by atoms with Crippen LogP contribution in [0.1, 0.15) is 26.2 Å². The van der Waals surface area contributed by atoms with Gasteiger partial charge in [-0.25, -0.2) is 0 Å². The Bertz CT molecular complexity index is 459. The second kappa shape index (κ2) is 8.29. The molecule has 0 spiro atoms. The smallest absolute Gasteiger partial charge is 0.225 e. The molecule has 2 N–H and O–H groups in total. The Kier molecular flexibility index (Phi) is 6.39. The predicted molar refractivity (Wildman–Crippen MR) is 90.1 cm³/mol. The van der Waals surface area contributed by atoms with Gasteiger partial charge in [-0.1, -0.05) is 19.1 Å². The summed E-state index contributed by atoms with van der Waals surface area (Å²) in [4.78, 5) is 14.2. The highest BCUT2D eigenvalue weighted by Gasteiger charge is 2.19. The number of thioether (sulfide) groups is 1. The lowest BCUT2D eigenvalue weighted by Crippen LogP contribution is -2.36. The van der Waals surface area contributed by atoms with Crippen molar-refractivity contribution in [1.82, 2.24) is 0 Å². The van der Waals surface area contributed by atoms with Crippen LogP contribution in [0.3, 0.4) is 0 Å². The number of amides is 1. The lowest BCUT2D eigenvalue weighted by atomic mass is 10.1. The zero-order valence-electron chi connectivity index (χ0n) is 12.5. The molecular formula is C16H24N2O2S. The van der Waals surface area contributed by atoms with E-state index in [0.717, 1.165) is 48.8 Å². The molecule has 2 rings (SSSR count). The van der Waals surface area contributed by atoms with Crippen LogP contribution in [0.25, 0.3) is 0 Å². The van der Waals surface area contributed by atoms with Gasteiger partial charge in [-0.2, -0.15) is 11.8 Å². The molecule has 1 aliphatic rings. The van der Waals surface area contributed by atoms with E-state index in [2.05, 4.69) is 17.1 Å². The number of hydrogen-bond donors (Lipinski definition) is 2.